The number of hydrogen-bond donors (Lipinski definition) is 1. The first-order chi connectivity index (χ1) is 7.22. The Kier molecular flexibility index (Phi) is 5.14. The fraction of sp³-hybridized carbons (Fsp3) is 0.385. The van der Waals surface area contributed by atoms with Crippen molar-refractivity contribution in [3.8, 4) is 17.6 Å². The third-order valence-electron chi connectivity index (χ3n) is 1.70. The molecule has 0 heterocycles. The molecule has 80 valence electrons. The van der Waals surface area contributed by atoms with Crippen molar-refractivity contribution in [2.45, 2.75) is 26.4 Å². The predicted molar refractivity (Wildman–Crippen MR) is 67.6 cm³/mol. The lowest BCUT2D eigenvalue weighted by molar-refractivity contribution is 0.242. The maximum atomic E-state index is 5.53. The van der Waals surface area contributed by atoms with E-state index >= 15 is 0 Å². The Morgan fingerprint density at radius 1 is 1.27 bits per heavy atom. The minimum atomic E-state index is 0.214. The van der Waals surface area contributed by atoms with Gasteiger partial charge in [-0.05, 0) is 38.1 Å². The summed E-state index contributed by atoms with van der Waals surface area (Å²) in [5.74, 6) is 7.82. The molecule has 0 aliphatic rings. The second-order valence-electron chi connectivity index (χ2n) is 3.47. The van der Waals surface area contributed by atoms with Gasteiger partial charge in [0, 0.05) is 17.7 Å². The molecule has 0 bridgehead atoms. The molecule has 0 saturated heterocycles. The number of hydrogen-bond acceptors (Lipinski definition) is 2. The summed E-state index contributed by atoms with van der Waals surface area (Å²) in [6, 6.07) is 7.85. The summed E-state index contributed by atoms with van der Waals surface area (Å²) in [5.41, 5.74) is 1.02. The van der Waals surface area contributed by atoms with Crippen molar-refractivity contribution in [3.63, 3.8) is 0 Å². The minimum Gasteiger partial charge on any atom is -0.491 e. The lowest BCUT2D eigenvalue weighted by Gasteiger charge is -2.08. The molecular formula is C13H16OS. The van der Waals surface area contributed by atoms with E-state index in [1.165, 1.54) is 0 Å². The SMILES string of the molecule is CC(C)Oc1ccc(C#CCCS)cc1. The zero-order chi connectivity index (χ0) is 11.1. The zero-order valence-electron chi connectivity index (χ0n) is 9.16. The first-order valence-corrected chi connectivity index (χ1v) is 5.72. The molecule has 0 aliphatic heterocycles. The maximum absolute atomic E-state index is 5.53. The molecule has 0 saturated carbocycles. The average Bonchev–Trinajstić information content (AvgIpc) is 2.20. The molecular weight excluding hydrogens is 204 g/mol. The van der Waals surface area contributed by atoms with E-state index in [1.54, 1.807) is 0 Å². The van der Waals surface area contributed by atoms with E-state index in [0.717, 1.165) is 23.5 Å². The van der Waals surface area contributed by atoms with Crippen molar-refractivity contribution in [1.82, 2.24) is 0 Å². The average molecular weight is 220 g/mol. The number of benzene rings is 1. The zero-order valence-corrected chi connectivity index (χ0v) is 10.1. The third-order valence-corrected chi connectivity index (χ3v) is 1.92. The smallest absolute Gasteiger partial charge is 0.119 e. The predicted octanol–water partition coefficient (Wildman–Crippen LogP) is 3.15. The standard InChI is InChI=1S/C13H16OS/c1-11(2)14-13-8-6-12(7-9-13)5-3-4-10-15/h6-9,11,15H,4,10H2,1-2H3. The molecule has 15 heavy (non-hydrogen) atoms. The van der Waals surface area contributed by atoms with Crippen LogP contribution in [0, 0.1) is 11.8 Å². The monoisotopic (exact) mass is 220 g/mol. The van der Waals surface area contributed by atoms with Crippen LogP contribution in [0.25, 0.3) is 0 Å². The molecule has 1 rings (SSSR count). The van der Waals surface area contributed by atoms with Gasteiger partial charge in [-0.2, -0.15) is 12.6 Å². The van der Waals surface area contributed by atoms with E-state index in [4.69, 9.17) is 4.74 Å². The molecule has 0 aromatic heterocycles. The highest BCUT2D eigenvalue weighted by Crippen LogP contribution is 2.13. The van der Waals surface area contributed by atoms with Gasteiger partial charge >= 0.3 is 0 Å². The highest BCUT2D eigenvalue weighted by atomic mass is 32.1. The second kappa shape index (κ2) is 6.42. The van der Waals surface area contributed by atoms with Crippen LogP contribution in [0.3, 0.4) is 0 Å². The summed E-state index contributed by atoms with van der Waals surface area (Å²) >= 11 is 4.10. The molecule has 0 aliphatic carbocycles. The number of ether oxygens (including phenoxy) is 1. The van der Waals surface area contributed by atoms with E-state index in [2.05, 4.69) is 24.5 Å². The molecule has 0 fully saturated rings. The Labute approximate surface area is 97.3 Å². The first-order valence-electron chi connectivity index (χ1n) is 5.09. The van der Waals surface area contributed by atoms with Gasteiger partial charge in [-0.25, -0.2) is 0 Å². The Morgan fingerprint density at radius 3 is 2.47 bits per heavy atom. The van der Waals surface area contributed by atoms with Crippen LogP contribution in [0.1, 0.15) is 25.8 Å². The molecule has 2 heteroatoms. The van der Waals surface area contributed by atoms with Gasteiger partial charge in [0.05, 0.1) is 6.10 Å². The van der Waals surface area contributed by atoms with Crippen LogP contribution in [0.5, 0.6) is 5.75 Å². The molecule has 1 aromatic rings. The van der Waals surface area contributed by atoms with Gasteiger partial charge in [0.25, 0.3) is 0 Å². The van der Waals surface area contributed by atoms with Crippen molar-refractivity contribution < 1.29 is 4.74 Å². The van der Waals surface area contributed by atoms with Crippen molar-refractivity contribution in [3.05, 3.63) is 29.8 Å². The van der Waals surface area contributed by atoms with E-state index in [1.807, 2.05) is 38.1 Å². The van der Waals surface area contributed by atoms with Gasteiger partial charge in [-0.1, -0.05) is 11.8 Å². The fourth-order valence-electron chi connectivity index (χ4n) is 1.11. The Morgan fingerprint density at radius 2 is 1.93 bits per heavy atom. The summed E-state index contributed by atoms with van der Waals surface area (Å²) in [7, 11) is 0. The Balaban J connectivity index is 2.61. The lowest BCUT2D eigenvalue weighted by Crippen LogP contribution is -2.05. The minimum absolute atomic E-state index is 0.214. The normalized spacial score (nSPS) is 9.60. The summed E-state index contributed by atoms with van der Waals surface area (Å²) in [6.07, 6.45) is 1.04. The number of thiol groups is 1. The van der Waals surface area contributed by atoms with Crippen molar-refractivity contribution in [2.24, 2.45) is 0 Å². The van der Waals surface area contributed by atoms with E-state index in [-0.39, 0.29) is 6.10 Å². The molecule has 0 radical (unpaired) electrons. The van der Waals surface area contributed by atoms with Crippen LogP contribution in [-0.4, -0.2) is 11.9 Å². The Bertz CT molecular complexity index is 343. The van der Waals surface area contributed by atoms with Gasteiger partial charge < -0.3 is 4.74 Å². The van der Waals surface area contributed by atoms with Gasteiger partial charge in [0.2, 0.25) is 0 Å². The van der Waals surface area contributed by atoms with Gasteiger partial charge in [0.1, 0.15) is 5.75 Å². The highest BCUT2D eigenvalue weighted by molar-refractivity contribution is 7.80. The van der Waals surface area contributed by atoms with E-state index in [9.17, 15) is 0 Å². The van der Waals surface area contributed by atoms with Crippen LogP contribution >= 0.6 is 12.6 Å². The maximum Gasteiger partial charge on any atom is 0.119 e. The number of rotatable bonds is 3. The summed E-state index contributed by atoms with van der Waals surface area (Å²) in [4.78, 5) is 0. The molecule has 0 spiro atoms. The topological polar surface area (TPSA) is 9.23 Å². The molecule has 1 nitrogen and oxygen atoms in total. The van der Waals surface area contributed by atoms with E-state index in [0.29, 0.717) is 0 Å². The van der Waals surface area contributed by atoms with Crippen molar-refractivity contribution in [1.29, 1.82) is 0 Å². The van der Waals surface area contributed by atoms with Gasteiger partial charge in [0.15, 0.2) is 0 Å². The highest BCUT2D eigenvalue weighted by Gasteiger charge is 1.95. The van der Waals surface area contributed by atoms with Crippen LogP contribution in [0.15, 0.2) is 24.3 Å². The third kappa shape index (κ3) is 4.80. The van der Waals surface area contributed by atoms with Crippen molar-refractivity contribution >= 4 is 12.6 Å². The van der Waals surface area contributed by atoms with E-state index < -0.39 is 0 Å². The first kappa shape index (κ1) is 12.0. The molecule has 0 atom stereocenters. The Hall–Kier alpha value is -1.07. The largest absolute Gasteiger partial charge is 0.491 e. The molecule has 0 amide bonds. The quantitative estimate of drug-likeness (QED) is 0.608. The fourth-order valence-corrected chi connectivity index (χ4v) is 1.22. The van der Waals surface area contributed by atoms with Crippen LogP contribution < -0.4 is 4.74 Å². The summed E-state index contributed by atoms with van der Waals surface area (Å²) < 4.78 is 5.53. The molecule has 0 N–H and O–H groups in total. The van der Waals surface area contributed by atoms with Crippen LogP contribution in [-0.2, 0) is 0 Å². The van der Waals surface area contributed by atoms with Crippen LogP contribution in [0.2, 0.25) is 0 Å². The lowest BCUT2D eigenvalue weighted by atomic mass is 10.2. The molecule has 0 unspecified atom stereocenters. The van der Waals surface area contributed by atoms with Gasteiger partial charge in [-0.15, -0.1) is 0 Å². The van der Waals surface area contributed by atoms with Gasteiger partial charge in [-0.3, -0.25) is 0 Å². The molecule has 1 aromatic carbocycles. The second-order valence-corrected chi connectivity index (χ2v) is 3.91. The van der Waals surface area contributed by atoms with Crippen molar-refractivity contribution in [2.75, 3.05) is 5.75 Å². The summed E-state index contributed by atoms with van der Waals surface area (Å²) in [6.45, 7) is 4.03. The summed E-state index contributed by atoms with van der Waals surface area (Å²) in [5, 5.41) is 0. The van der Waals surface area contributed by atoms with Crippen LogP contribution in [0.4, 0.5) is 0 Å².